The SMILES string of the molecule is Cc1ccccc1CC/C=C/C1(O[Si](C(C)C)(C(C)C)C(C)C)CC1(Cl)Cl. The fourth-order valence-electron chi connectivity index (χ4n) is 4.68. The first-order valence-corrected chi connectivity index (χ1v) is 13.2. The highest BCUT2D eigenvalue weighted by Crippen LogP contribution is 2.63. The summed E-state index contributed by atoms with van der Waals surface area (Å²) in [6, 6.07) is 8.56. The zero-order chi connectivity index (χ0) is 20.5. The minimum atomic E-state index is -2.04. The smallest absolute Gasteiger partial charge is 0.201 e. The minimum Gasteiger partial charge on any atom is -0.404 e. The van der Waals surface area contributed by atoms with Gasteiger partial charge < -0.3 is 4.43 Å². The number of rotatable bonds is 9. The largest absolute Gasteiger partial charge is 0.404 e. The first-order chi connectivity index (χ1) is 12.5. The van der Waals surface area contributed by atoms with Crippen molar-refractivity contribution in [2.75, 3.05) is 0 Å². The van der Waals surface area contributed by atoms with E-state index in [9.17, 15) is 0 Å². The van der Waals surface area contributed by atoms with Crippen molar-refractivity contribution < 1.29 is 4.43 Å². The molecule has 27 heavy (non-hydrogen) atoms. The number of allylic oxidation sites excluding steroid dienone is 1. The Labute approximate surface area is 177 Å². The van der Waals surface area contributed by atoms with Gasteiger partial charge in [-0.15, -0.1) is 0 Å². The van der Waals surface area contributed by atoms with Gasteiger partial charge in [-0.1, -0.05) is 101 Å². The summed E-state index contributed by atoms with van der Waals surface area (Å²) in [7, 11) is -2.04. The number of hydrogen-bond donors (Lipinski definition) is 0. The normalized spacial score (nSPS) is 22.4. The van der Waals surface area contributed by atoms with Crippen molar-refractivity contribution in [1.82, 2.24) is 0 Å². The molecule has 0 spiro atoms. The van der Waals surface area contributed by atoms with Gasteiger partial charge in [0.2, 0.25) is 8.32 Å². The van der Waals surface area contributed by atoms with Crippen LogP contribution in [0.4, 0.5) is 0 Å². The Bertz CT molecular complexity index is 644. The molecule has 0 heterocycles. The molecule has 1 aliphatic rings. The highest BCUT2D eigenvalue weighted by Gasteiger charge is 2.69. The fourth-order valence-corrected chi connectivity index (χ4v) is 11.1. The lowest BCUT2D eigenvalue weighted by atomic mass is 10.0. The van der Waals surface area contributed by atoms with Gasteiger partial charge in [0.1, 0.15) is 5.60 Å². The van der Waals surface area contributed by atoms with Crippen molar-refractivity contribution in [3.8, 4) is 0 Å². The van der Waals surface area contributed by atoms with Gasteiger partial charge >= 0.3 is 0 Å². The van der Waals surface area contributed by atoms with Crippen LogP contribution in [0.2, 0.25) is 16.6 Å². The van der Waals surface area contributed by atoms with Crippen molar-refractivity contribution >= 4 is 31.5 Å². The van der Waals surface area contributed by atoms with Crippen LogP contribution in [0.25, 0.3) is 0 Å². The fraction of sp³-hybridized carbons (Fsp3) is 0.652. The highest BCUT2D eigenvalue weighted by atomic mass is 35.5. The van der Waals surface area contributed by atoms with E-state index in [1.54, 1.807) is 0 Å². The monoisotopic (exact) mass is 426 g/mol. The molecule has 1 aliphatic carbocycles. The van der Waals surface area contributed by atoms with Gasteiger partial charge in [-0.05, 0) is 47.5 Å². The molecule has 1 atom stereocenters. The number of benzene rings is 1. The second kappa shape index (κ2) is 8.61. The van der Waals surface area contributed by atoms with E-state index in [1.165, 1.54) is 11.1 Å². The molecule has 1 aromatic rings. The lowest BCUT2D eigenvalue weighted by molar-refractivity contribution is 0.194. The maximum atomic E-state index is 7.00. The second-order valence-electron chi connectivity index (χ2n) is 9.06. The molecule has 0 saturated heterocycles. The number of alkyl halides is 2. The van der Waals surface area contributed by atoms with E-state index in [0.29, 0.717) is 23.0 Å². The first-order valence-electron chi connectivity index (χ1n) is 10.3. The number of hydrogen-bond acceptors (Lipinski definition) is 1. The molecule has 1 nitrogen and oxygen atoms in total. The molecule has 1 fully saturated rings. The van der Waals surface area contributed by atoms with E-state index < -0.39 is 18.3 Å². The molecule has 1 saturated carbocycles. The molecule has 0 aliphatic heterocycles. The average Bonchev–Trinajstić information content (AvgIpc) is 3.10. The third-order valence-corrected chi connectivity index (χ3v) is 13.3. The minimum absolute atomic E-state index is 0.513. The lowest BCUT2D eigenvalue weighted by Gasteiger charge is -2.44. The summed E-state index contributed by atoms with van der Waals surface area (Å²) in [5.41, 5.74) is 3.76. The highest BCUT2D eigenvalue weighted by molar-refractivity contribution is 6.78. The van der Waals surface area contributed by atoms with E-state index >= 15 is 0 Å². The molecule has 0 aromatic heterocycles. The summed E-state index contributed by atoms with van der Waals surface area (Å²) < 4.78 is 6.20. The molecule has 2 rings (SSSR count). The van der Waals surface area contributed by atoms with Crippen molar-refractivity contribution in [1.29, 1.82) is 0 Å². The van der Waals surface area contributed by atoms with Crippen molar-refractivity contribution in [3.05, 3.63) is 47.5 Å². The lowest BCUT2D eigenvalue weighted by Crippen LogP contribution is -2.51. The summed E-state index contributed by atoms with van der Waals surface area (Å²) in [5.74, 6) is 0. The number of aryl methyl sites for hydroxylation is 2. The van der Waals surface area contributed by atoms with Gasteiger partial charge in [-0.25, -0.2) is 0 Å². The summed E-state index contributed by atoms with van der Waals surface area (Å²) >= 11 is 13.2. The Kier molecular flexibility index (Phi) is 7.33. The molecule has 152 valence electrons. The van der Waals surface area contributed by atoms with Gasteiger partial charge in [0.15, 0.2) is 4.33 Å². The van der Waals surface area contributed by atoms with Crippen LogP contribution in [0.15, 0.2) is 36.4 Å². The van der Waals surface area contributed by atoms with Crippen molar-refractivity contribution in [3.63, 3.8) is 0 Å². The van der Waals surface area contributed by atoms with E-state index in [-0.39, 0.29) is 0 Å². The molecule has 0 bridgehead atoms. The number of halogens is 2. The van der Waals surface area contributed by atoms with Gasteiger partial charge in [-0.2, -0.15) is 0 Å². The summed E-state index contributed by atoms with van der Waals surface area (Å²) in [5, 5.41) is 0. The van der Waals surface area contributed by atoms with E-state index in [0.717, 1.165) is 12.8 Å². The van der Waals surface area contributed by atoms with Crippen molar-refractivity contribution in [2.24, 2.45) is 0 Å². The second-order valence-corrected chi connectivity index (χ2v) is 15.9. The van der Waals surface area contributed by atoms with E-state index in [1.807, 2.05) is 0 Å². The summed E-state index contributed by atoms with van der Waals surface area (Å²) in [6.45, 7) is 16.0. The van der Waals surface area contributed by atoms with Crippen LogP contribution in [0.3, 0.4) is 0 Å². The first kappa shape index (κ1) is 23.0. The molecule has 0 amide bonds. The zero-order valence-corrected chi connectivity index (χ0v) is 20.5. The van der Waals surface area contributed by atoms with Crippen molar-refractivity contribution in [2.45, 2.75) is 94.3 Å². The predicted octanol–water partition coefficient (Wildman–Crippen LogP) is 7.99. The molecule has 0 N–H and O–H groups in total. The predicted molar refractivity (Wildman–Crippen MR) is 123 cm³/mol. The Balaban J connectivity index is 2.17. The third-order valence-electron chi connectivity index (χ3n) is 6.27. The van der Waals surface area contributed by atoms with Crippen LogP contribution in [-0.2, 0) is 10.8 Å². The van der Waals surface area contributed by atoms with Crippen LogP contribution in [0.1, 0.15) is 65.5 Å². The van der Waals surface area contributed by atoms with E-state index in [2.05, 4.69) is 84.9 Å². The van der Waals surface area contributed by atoms with Gasteiger partial charge in [0.25, 0.3) is 0 Å². The molecular weight excluding hydrogens is 391 g/mol. The Morgan fingerprint density at radius 1 is 1.04 bits per heavy atom. The maximum absolute atomic E-state index is 7.00. The Morgan fingerprint density at radius 3 is 2.00 bits per heavy atom. The summed E-state index contributed by atoms with van der Waals surface area (Å²) in [4.78, 5) is 0. The van der Waals surface area contributed by atoms with Crippen LogP contribution >= 0.6 is 23.2 Å². The Morgan fingerprint density at radius 2 is 1.56 bits per heavy atom. The molecule has 1 unspecified atom stereocenters. The zero-order valence-electron chi connectivity index (χ0n) is 18.0. The standard InChI is InChI=1S/C23H36Cl2OSi/c1-17(2)27(18(3)4,19(5)6)26-22(16-23(22,24)25)15-11-10-14-21-13-9-8-12-20(21)7/h8-9,11-13,15,17-19H,10,14,16H2,1-7H3/b15-11+. The third kappa shape index (κ3) is 4.66. The van der Waals surface area contributed by atoms with Crippen LogP contribution in [-0.4, -0.2) is 18.3 Å². The van der Waals surface area contributed by atoms with Crippen LogP contribution < -0.4 is 0 Å². The van der Waals surface area contributed by atoms with Crippen LogP contribution in [0, 0.1) is 6.92 Å². The van der Waals surface area contributed by atoms with Gasteiger partial charge in [0, 0.05) is 6.42 Å². The molecule has 0 radical (unpaired) electrons. The molecular formula is C23H36Cl2OSi. The molecule has 1 aromatic carbocycles. The Hall–Kier alpha value is -0.283. The maximum Gasteiger partial charge on any atom is 0.201 e. The van der Waals surface area contributed by atoms with Gasteiger partial charge in [0.05, 0.1) is 0 Å². The molecule has 4 heteroatoms. The van der Waals surface area contributed by atoms with Gasteiger partial charge in [-0.3, -0.25) is 0 Å². The van der Waals surface area contributed by atoms with E-state index in [4.69, 9.17) is 27.6 Å². The topological polar surface area (TPSA) is 9.23 Å². The average molecular weight is 428 g/mol. The van der Waals surface area contributed by atoms with Crippen LogP contribution in [0.5, 0.6) is 0 Å². The quantitative estimate of drug-likeness (QED) is 0.220. The summed E-state index contributed by atoms with van der Waals surface area (Å²) in [6.07, 6.45) is 7.07.